The van der Waals surface area contributed by atoms with Gasteiger partial charge in [0.2, 0.25) is 0 Å². The second-order valence-corrected chi connectivity index (χ2v) is 12.1. The van der Waals surface area contributed by atoms with Gasteiger partial charge in [0.25, 0.3) is 11.5 Å². The molecule has 1 aliphatic heterocycles. The highest BCUT2D eigenvalue weighted by Crippen LogP contribution is 2.57. The minimum Gasteiger partial charge on any atom is -0.381 e. The number of nitrogens with one attached hydrogen (secondary N) is 1. The molecular formula is C33H35N7O2. The van der Waals surface area contributed by atoms with Crippen molar-refractivity contribution in [1.82, 2.24) is 29.4 Å². The van der Waals surface area contributed by atoms with Crippen LogP contribution in [0.4, 0.5) is 5.82 Å². The molecule has 1 saturated heterocycles. The summed E-state index contributed by atoms with van der Waals surface area (Å²) in [5.74, 6) is 0.0838. The number of nitrogens with two attached hydrogens (primary N) is 1. The number of nitrogens with zero attached hydrogens (tertiary/aromatic N) is 5. The number of likely N-dealkylation sites (tertiary alicyclic amines) is 1. The van der Waals surface area contributed by atoms with Crippen LogP contribution in [0.1, 0.15) is 66.2 Å². The predicted octanol–water partition coefficient (Wildman–Crippen LogP) is 4.70. The first-order valence-corrected chi connectivity index (χ1v) is 14.7. The molecule has 2 aliphatic rings. The maximum Gasteiger partial charge on any atom is 0.263 e. The maximum absolute atomic E-state index is 14.5. The van der Waals surface area contributed by atoms with E-state index in [-0.39, 0.29) is 16.9 Å². The molecule has 2 aromatic carbocycles. The Hall–Kier alpha value is -4.50. The van der Waals surface area contributed by atoms with Crippen molar-refractivity contribution in [2.24, 2.45) is 5.41 Å². The van der Waals surface area contributed by atoms with E-state index in [1.54, 1.807) is 23.0 Å². The van der Waals surface area contributed by atoms with Gasteiger partial charge in [0.15, 0.2) is 11.5 Å². The molecule has 0 radical (unpaired) electrons. The lowest BCUT2D eigenvalue weighted by molar-refractivity contribution is 0.0242. The minimum atomic E-state index is -0.511. The predicted molar refractivity (Wildman–Crippen MR) is 164 cm³/mol. The zero-order valence-electron chi connectivity index (χ0n) is 24.0. The Bertz CT molecular complexity index is 1860. The van der Waals surface area contributed by atoms with E-state index in [4.69, 9.17) is 5.73 Å². The van der Waals surface area contributed by atoms with Gasteiger partial charge >= 0.3 is 0 Å². The second-order valence-electron chi connectivity index (χ2n) is 12.1. The van der Waals surface area contributed by atoms with E-state index in [1.807, 2.05) is 49.4 Å². The number of hydrogen-bond acceptors (Lipinski definition) is 6. The molecule has 4 heterocycles. The fourth-order valence-corrected chi connectivity index (χ4v) is 7.08. The van der Waals surface area contributed by atoms with E-state index in [1.165, 1.54) is 17.4 Å². The highest BCUT2D eigenvalue weighted by molar-refractivity contribution is 6.04. The van der Waals surface area contributed by atoms with Gasteiger partial charge in [-0.15, -0.1) is 5.10 Å². The first-order chi connectivity index (χ1) is 20.3. The molecule has 2 fully saturated rings. The van der Waals surface area contributed by atoms with Crippen LogP contribution < -0.4 is 16.6 Å². The molecule has 1 atom stereocenters. The fraction of sp³-hybridized carbons (Fsp3) is 0.333. The molecule has 5 aromatic rings. The van der Waals surface area contributed by atoms with E-state index in [2.05, 4.69) is 39.5 Å². The van der Waals surface area contributed by atoms with Crippen molar-refractivity contribution in [3.8, 4) is 5.69 Å². The lowest BCUT2D eigenvalue weighted by atomic mass is 9.56. The van der Waals surface area contributed by atoms with Gasteiger partial charge in [-0.3, -0.25) is 14.2 Å². The first kappa shape index (κ1) is 26.4. The number of para-hydroxylation sites is 1. The van der Waals surface area contributed by atoms with Crippen LogP contribution in [0.5, 0.6) is 0 Å². The summed E-state index contributed by atoms with van der Waals surface area (Å²) in [7, 11) is 2.20. The number of carbonyl (C=O) groups excluding carboxylic acids is 1. The number of amides is 1. The van der Waals surface area contributed by atoms with Crippen LogP contribution in [0.15, 0.2) is 77.9 Å². The SMILES string of the molecule is C[C@@H](NC(=O)c1c(N)nn2cccnc12)c1cc2cccc(C3CC4(CCN(C)CC4)C3)c2c(=O)n1-c1ccccc1. The number of benzene rings is 2. The van der Waals surface area contributed by atoms with E-state index in [0.29, 0.717) is 22.7 Å². The van der Waals surface area contributed by atoms with Gasteiger partial charge in [-0.1, -0.05) is 36.4 Å². The number of anilines is 1. The molecular weight excluding hydrogens is 526 g/mol. The normalized spacial score (nSPS) is 17.9. The first-order valence-electron chi connectivity index (χ1n) is 14.7. The molecule has 0 unspecified atom stereocenters. The fourth-order valence-electron chi connectivity index (χ4n) is 7.08. The molecule has 3 N–H and O–H groups in total. The third kappa shape index (κ3) is 4.36. The zero-order valence-corrected chi connectivity index (χ0v) is 24.0. The van der Waals surface area contributed by atoms with Gasteiger partial charge in [0.05, 0.1) is 11.4 Å². The molecule has 214 valence electrons. The van der Waals surface area contributed by atoms with Crippen molar-refractivity contribution < 1.29 is 4.79 Å². The van der Waals surface area contributed by atoms with E-state index in [0.717, 1.165) is 48.0 Å². The Morgan fingerprint density at radius 3 is 2.60 bits per heavy atom. The van der Waals surface area contributed by atoms with Crippen molar-refractivity contribution in [1.29, 1.82) is 0 Å². The Balaban J connectivity index is 1.28. The Morgan fingerprint density at radius 1 is 1.07 bits per heavy atom. The van der Waals surface area contributed by atoms with Crippen molar-refractivity contribution in [2.75, 3.05) is 25.9 Å². The Labute approximate surface area is 244 Å². The van der Waals surface area contributed by atoms with E-state index < -0.39 is 11.9 Å². The number of pyridine rings is 1. The summed E-state index contributed by atoms with van der Waals surface area (Å²) in [5.41, 5.74) is 9.64. The standard InChI is InChI=1S/C33H35N7O2/c1-21(36-31(41)28-29(34)37-39-15-7-14-35-30(28)39)26-18-22-8-6-11-25(23-19-33(20-23)12-16-38(2)17-13-33)27(22)32(42)40(26)24-9-4-3-5-10-24/h3-11,14-15,18,21,23H,12-13,16-17,19-20H2,1-2H3,(H2,34,37)(H,36,41)/t21-/m1/s1. The van der Waals surface area contributed by atoms with Gasteiger partial charge in [-0.25, -0.2) is 9.50 Å². The van der Waals surface area contributed by atoms with E-state index >= 15 is 0 Å². The summed E-state index contributed by atoms with van der Waals surface area (Å²) in [6.45, 7) is 4.17. The zero-order chi connectivity index (χ0) is 29.0. The minimum absolute atomic E-state index is 0.0631. The van der Waals surface area contributed by atoms with Crippen LogP contribution in [0.3, 0.4) is 0 Å². The monoisotopic (exact) mass is 561 g/mol. The third-order valence-corrected chi connectivity index (χ3v) is 9.41. The summed E-state index contributed by atoms with van der Waals surface area (Å²) < 4.78 is 3.24. The molecule has 0 bridgehead atoms. The molecule has 42 heavy (non-hydrogen) atoms. The van der Waals surface area contributed by atoms with Crippen LogP contribution in [0.2, 0.25) is 0 Å². The van der Waals surface area contributed by atoms with Crippen molar-refractivity contribution in [2.45, 2.75) is 44.6 Å². The van der Waals surface area contributed by atoms with Crippen LogP contribution in [0, 0.1) is 5.41 Å². The second kappa shape index (κ2) is 10.1. The molecule has 9 heteroatoms. The number of piperidine rings is 1. The van der Waals surface area contributed by atoms with E-state index in [9.17, 15) is 9.59 Å². The number of nitrogen functional groups attached to an aromatic ring is 1. The summed E-state index contributed by atoms with van der Waals surface area (Å²) in [4.78, 5) is 34.7. The molecule has 9 nitrogen and oxygen atoms in total. The number of rotatable bonds is 5. The third-order valence-electron chi connectivity index (χ3n) is 9.41. The average Bonchev–Trinajstić information content (AvgIpc) is 3.32. The van der Waals surface area contributed by atoms with Gasteiger partial charge in [-0.2, -0.15) is 0 Å². The molecule has 1 spiro atoms. The highest BCUT2D eigenvalue weighted by Gasteiger charge is 2.46. The van der Waals surface area contributed by atoms with Gasteiger partial charge in [0, 0.05) is 23.8 Å². The molecule has 1 aliphatic carbocycles. The smallest absolute Gasteiger partial charge is 0.263 e. The van der Waals surface area contributed by atoms with Crippen LogP contribution >= 0.6 is 0 Å². The van der Waals surface area contributed by atoms with Crippen molar-refractivity contribution in [3.05, 3.63) is 100 Å². The number of aromatic nitrogens is 4. The van der Waals surface area contributed by atoms with Crippen LogP contribution in [-0.4, -0.2) is 50.1 Å². The molecule has 3 aromatic heterocycles. The number of carbonyl (C=O) groups is 1. The maximum atomic E-state index is 14.5. The van der Waals surface area contributed by atoms with Crippen molar-refractivity contribution >= 4 is 28.1 Å². The number of hydrogen-bond donors (Lipinski definition) is 2. The lowest BCUT2D eigenvalue weighted by Crippen LogP contribution is -2.45. The summed E-state index contributed by atoms with van der Waals surface area (Å²) in [5, 5.41) is 8.94. The quantitative estimate of drug-likeness (QED) is 0.322. The largest absolute Gasteiger partial charge is 0.381 e. The Morgan fingerprint density at radius 2 is 1.83 bits per heavy atom. The van der Waals surface area contributed by atoms with Gasteiger partial charge < -0.3 is 16.0 Å². The lowest BCUT2D eigenvalue weighted by Gasteiger charge is -2.52. The molecule has 7 rings (SSSR count). The summed E-state index contributed by atoms with van der Waals surface area (Å²) in [6, 6.07) is 19.1. The summed E-state index contributed by atoms with van der Waals surface area (Å²) in [6.07, 6.45) is 8.02. The topological polar surface area (TPSA) is 111 Å². The average molecular weight is 562 g/mol. The van der Waals surface area contributed by atoms with Crippen LogP contribution in [0.25, 0.3) is 22.1 Å². The number of fused-ring (bicyclic) bond motifs is 2. The van der Waals surface area contributed by atoms with Crippen molar-refractivity contribution in [3.63, 3.8) is 0 Å². The van der Waals surface area contributed by atoms with Crippen LogP contribution in [-0.2, 0) is 0 Å². The summed E-state index contributed by atoms with van der Waals surface area (Å²) >= 11 is 0. The highest BCUT2D eigenvalue weighted by atomic mass is 16.2. The Kier molecular flexibility index (Phi) is 6.35. The molecule has 1 saturated carbocycles. The molecule has 1 amide bonds. The van der Waals surface area contributed by atoms with Gasteiger partial charge in [0.1, 0.15) is 5.56 Å². The van der Waals surface area contributed by atoms with Gasteiger partial charge in [-0.05, 0) is 99.3 Å².